The third-order valence-electron chi connectivity index (χ3n) is 4.20. The van der Waals surface area contributed by atoms with Crippen molar-refractivity contribution in [3.8, 4) is 0 Å². The summed E-state index contributed by atoms with van der Waals surface area (Å²) in [4.78, 5) is 23.9. The fraction of sp³-hybridized carbons (Fsp3) is 0.500. The number of nitrogens with one attached hydrogen (secondary N) is 2. The van der Waals surface area contributed by atoms with Crippen molar-refractivity contribution in [2.24, 2.45) is 0 Å². The lowest BCUT2D eigenvalue weighted by molar-refractivity contribution is -0.124. The zero-order valence-corrected chi connectivity index (χ0v) is 11.6. The Kier molecular flexibility index (Phi) is 3.72. The first kappa shape index (κ1) is 13.2. The van der Waals surface area contributed by atoms with Gasteiger partial charge in [0.15, 0.2) is 0 Å². The zero-order valence-electron chi connectivity index (χ0n) is 11.6. The van der Waals surface area contributed by atoms with Gasteiger partial charge in [0.05, 0.1) is 0 Å². The van der Waals surface area contributed by atoms with E-state index in [1.54, 1.807) is 0 Å². The Balaban J connectivity index is 1.72. The molecule has 1 fully saturated rings. The maximum Gasteiger partial charge on any atom is 0.251 e. The van der Waals surface area contributed by atoms with E-state index in [0.29, 0.717) is 12.1 Å². The van der Waals surface area contributed by atoms with Crippen LogP contribution in [0.3, 0.4) is 0 Å². The minimum Gasteiger partial charge on any atom is -0.354 e. The van der Waals surface area contributed by atoms with Crippen molar-refractivity contribution in [1.82, 2.24) is 10.6 Å². The number of amides is 2. The van der Waals surface area contributed by atoms with Gasteiger partial charge in [-0.2, -0.15) is 0 Å². The monoisotopic (exact) mass is 272 g/mol. The van der Waals surface area contributed by atoms with E-state index in [-0.39, 0.29) is 17.9 Å². The van der Waals surface area contributed by atoms with E-state index in [2.05, 4.69) is 16.7 Å². The van der Waals surface area contributed by atoms with Gasteiger partial charge in [-0.1, -0.05) is 6.07 Å². The van der Waals surface area contributed by atoms with E-state index < -0.39 is 0 Å². The summed E-state index contributed by atoms with van der Waals surface area (Å²) < 4.78 is 0. The van der Waals surface area contributed by atoms with Crippen LogP contribution in [0.5, 0.6) is 0 Å². The first-order valence-corrected chi connectivity index (χ1v) is 7.44. The highest BCUT2D eigenvalue weighted by Gasteiger charge is 2.24. The number of hydrogen-bond acceptors (Lipinski definition) is 2. The Morgan fingerprint density at radius 2 is 1.95 bits per heavy atom. The zero-order chi connectivity index (χ0) is 13.9. The summed E-state index contributed by atoms with van der Waals surface area (Å²) in [6.45, 7) is 0.712. The van der Waals surface area contributed by atoms with Crippen molar-refractivity contribution in [2.45, 2.75) is 44.6 Å². The molecule has 0 saturated carbocycles. The fourth-order valence-electron chi connectivity index (χ4n) is 3.03. The number of fused-ring (bicyclic) bond motifs is 1. The average Bonchev–Trinajstić information content (AvgIpc) is 2.49. The number of rotatable bonds is 2. The van der Waals surface area contributed by atoms with Crippen LogP contribution in [-0.4, -0.2) is 24.4 Å². The fourth-order valence-corrected chi connectivity index (χ4v) is 3.03. The third kappa shape index (κ3) is 2.69. The van der Waals surface area contributed by atoms with Gasteiger partial charge in [0.2, 0.25) is 5.91 Å². The number of hydrogen-bond donors (Lipinski definition) is 2. The molecule has 1 saturated heterocycles. The van der Waals surface area contributed by atoms with Crippen LogP contribution in [0, 0.1) is 0 Å². The van der Waals surface area contributed by atoms with E-state index >= 15 is 0 Å². The summed E-state index contributed by atoms with van der Waals surface area (Å²) in [5.41, 5.74) is 3.32. The molecule has 2 aliphatic rings. The summed E-state index contributed by atoms with van der Waals surface area (Å²) in [7, 11) is 0. The van der Waals surface area contributed by atoms with Crippen molar-refractivity contribution in [3.05, 3.63) is 34.9 Å². The van der Waals surface area contributed by atoms with Crippen molar-refractivity contribution < 1.29 is 9.59 Å². The minimum atomic E-state index is -0.382. The topological polar surface area (TPSA) is 58.2 Å². The molecule has 0 radical (unpaired) electrons. The highest BCUT2D eigenvalue weighted by atomic mass is 16.2. The van der Waals surface area contributed by atoms with Crippen LogP contribution in [0.4, 0.5) is 0 Å². The van der Waals surface area contributed by atoms with Gasteiger partial charge in [0.1, 0.15) is 6.04 Å². The normalized spacial score (nSPS) is 21.8. The maximum atomic E-state index is 12.3. The summed E-state index contributed by atoms with van der Waals surface area (Å²) in [6, 6.07) is 5.54. The van der Waals surface area contributed by atoms with Crippen LogP contribution >= 0.6 is 0 Å². The number of carbonyl (C=O) groups excluding carboxylic acids is 2. The lowest BCUT2D eigenvalue weighted by Crippen LogP contribution is -2.50. The van der Waals surface area contributed by atoms with Gasteiger partial charge in [-0.25, -0.2) is 0 Å². The smallest absolute Gasteiger partial charge is 0.251 e. The molecule has 2 amide bonds. The molecular weight excluding hydrogens is 252 g/mol. The Hall–Kier alpha value is -1.84. The SMILES string of the molecule is O=C(N[C@H]1CCCNC1=O)c1ccc2c(c1)CCCC2. The molecule has 1 aromatic rings. The van der Waals surface area contributed by atoms with E-state index in [1.807, 2.05) is 12.1 Å². The molecule has 0 aromatic heterocycles. The van der Waals surface area contributed by atoms with Gasteiger partial charge in [0, 0.05) is 12.1 Å². The van der Waals surface area contributed by atoms with Crippen LogP contribution in [-0.2, 0) is 17.6 Å². The molecule has 1 heterocycles. The van der Waals surface area contributed by atoms with Crippen LogP contribution in [0.1, 0.15) is 47.2 Å². The second-order valence-electron chi connectivity index (χ2n) is 5.65. The molecule has 0 bridgehead atoms. The van der Waals surface area contributed by atoms with Crippen LogP contribution in [0.25, 0.3) is 0 Å². The molecule has 0 spiro atoms. The van der Waals surface area contributed by atoms with E-state index in [1.165, 1.54) is 24.0 Å². The molecule has 106 valence electrons. The number of carbonyl (C=O) groups is 2. The van der Waals surface area contributed by atoms with Crippen LogP contribution < -0.4 is 10.6 Å². The van der Waals surface area contributed by atoms with E-state index in [0.717, 1.165) is 25.7 Å². The van der Waals surface area contributed by atoms with Gasteiger partial charge in [-0.3, -0.25) is 9.59 Å². The Bertz CT molecular complexity index is 539. The lowest BCUT2D eigenvalue weighted by atomic mass is 9.90. The van der Waals surface area contributed by atoms with Gasteiger partial charge in [-0.05, 0) is 61.8 Å². The summed E-state index contributed by atoms with van der Waals surface area (Å²) in [6.07, 6.45) is 6.25. The second kappa shape index (κ2) is 5.65. The molecule has 1 atom stereocenters. The maximum absolute atomic E-state index is 12.3. The molecular formula is C16H20N2O2. The van der Waals surface area contributed by atoms with Crippen molar-refractivity contribution in [3.63, 3.8) is 0 Å². The van der Waals surface area contributed by atoms with Gasteiger partial charge >= 0.3 is 0 Å². The third-order valence-corrected chi connectivity index (χ3v) is 4.20. The predicted octanol–water partition coefficient (Wildman–Crippen LogP) is 1.57. The lowest BCUT2D eigenvalue weighted by Gasteiger charge is -2.23. The molecule has 2 N–H and O–H groups in total. The molecule has 3 rings (SSSR count). The largest absolute Gasteiger partial charge is 0.354 e. The van der Waals surface area contributed by atoms with E-state index in [9.17, 15) is 9.59 Å². The Labute approximate surface area is 118 Å². The molecule has 4 nitrogen and oxygen atoms in total. The summed E-state index contributed by atoms with van der Waals surface area (Å²) in [5.74, 6) is -0.206. The molecule has 1 aliphatic heterocycles. The van der Waals surface area contributed by atoms with Gasteiger partial charge in [0.25, 0.3) is 5.91 Å². The summed E-state index contributed by atoms with van der Waals surface area (Å²) >= 11 is 0. The van der Waals surface area contributed by atoms with Crippen LogP contribution in [0.2, 0.25) is 0 Å². The number of benzene rings is 1. The van der Waals surface area contributed by atoms with Gasteiger partial charge in [-0.15, -0.1) is 0 Å². The first-order chi connectivity index (χ1) is 9.74. The predicted molar refractivity (Wildman–Crippen MR) is 76.6 cm³/mol. The molecule has 4 heteroatoms. The standard InChI is InChI=1S/C16H20N2O2/c19-15(18-14-6-3-9-17-16(14)20)13-8-7-11-4-1-2-5-12(11)10-13/h7-8,10,14H,1-6,9H2,(H,17,20)(H,18,19)/t14-/m0/s1. The Morgan fingerprint density at radius 3 is 2.75 bits per heavy atom. The Morgan fingerprint density at radius 1 is 1.15 bits per heavy atom. The average molecular weight is 272 g/mol. The highest BCUT2D eigenvalue weighted by molar-refractivity contribution is 5.97. The number of aryl methyl sites for hydroxylation is 2. The van der Waals surface area contributed by atoms with Crippen LogP contribution in [0.15, 0.2) is 18.2 Å². The molecule has 1 aromatic carbocycles. The summed E-state index contributed by atoms with van der Waals surface area (Å²) in [5, 5.41) is 5.63. The van der Waals surface area contributed by atoms with Crippen molar-refractivity contribution in [1.29, 1.82) is 0 Å². The first-order valence-electron chi connectivity index (χ1n) is 7.44. The van der Waals surface area contributed by atoms with Gasteiger partial charge < -0.3 is 10.6 Å². The molecule has 1 aliphatic carbocycles. The second-order valence-corrected chi connectivity index (χ2v) is 5.65. The molecule has 0 unspecified atom stereocenters. The molecule has 20 heavy (non-hydrogen) atoms. The number of piperidine rings is 1. The quantitative estimate of drug-likeness (QED) is 0.858. The highest BCUT2D eigenvalue weighted by Crippen LogP contribution is 2.22. The van der Waals surface area contributed by atoms with E-state index in [4.69, 9.17) is 0 Å². The van der Waals surface area contributed by atoms with Crippen molar-refractivity contribution >= 4 is 11.8 Å². The van der Waals surface area contributed by atoms with Crippen molar-refractivity contribution in [2.75, 3.05) is 6.54 Å². The minimum absolute atomic E-state index is 0.0671.